The molecule has 0 bridgehead atoms. The van der Waals surface area contributed by atoms with Crippen molar-refractivity contribution in [2.24, 2.45) is 5.73 Å². The van der Waals surface area contributed by atoms with E-state index in [9.17, 15) is 9.18 Å². The maximum atomic E-state index is 15.1. The number of amidine groups is 1. The largest absolute Gasteiger partial charge is 0.481 e. The summed E-state index contributed by atoms with van der Waals surface area (Å²) in [5.41, 5.74) is 6.86. The predicted octanol–water partition coefficient (Wildman–Crippen LogP) is 4.09. The third-order valence-electron chi connectivity index (χ3n) is 4.65. The summed E-state index contributed by atoms with van der Waals surface area (Å²) in [6, 6.07) is 17.9. The van der Waals surface area contributed by atoms with Crippen LogP contribution in [-0.2, 0) is 20.9 Å². The van der Waals surface area contributed by atoms with Gasteiger partial charge in [-0.25, -0.2) is 8.78 Å². The number of ether oxygens (including phenoxy) is 1. The average molecular weight is 485 g/mol. The zero-order valence-electron chi connectivity index (χ0n) is 19.1. The summed E-state index contributed by atoms with van der Waals surface area (Å²) in [5.74, 6) is -3.38. The number of nitrogens with one attached hydrogen (secondary N) is 3. The number of carboxylic acid groups (broad SMARTS) is 1. The summed E-state index contributed by atoms with van der Waals surface area (Å²) < 4.78 is 34.7. The van der Waals surface area contributed by atoms with Gasteiger partial charge in [0.05, 0.1) is 11.3 Å². The molecule has 0 aliphatic carbocycles. The summed E-state index contributed by atoms with van der Waals surface area (Å²) >= 11 is 0. The Morgan fingerprint density at radius 3 is 2.20 bits per heavy atom. The molecule has 0 radical (unpaired) electrons. The predicted molar refractivity (Wildman–Crippen MR) is 128 cm³/mol. The lowest BCUT2D eigenvalue weighted by atomic mass is 10.0. The van der Waals surface area contributed by atoms with E-state index >= 15 is 4.39 Å². The van der Waals surface area contributed by atoms with E-state index in [0.29, 0.717) is 11.3 Å². The van der Waals surface area contributed by atoms with Crippen LogP contribution in [-0.4, -0.2) is 29.9 Å². The quantitative estimate of drug-likeness (QED) is 0.241. The molecule has 184 valence electrons. The molecule has 0 spiro atoms. The molecule has 0 fully saturated rings. The number of carbonyl (C=O) groups excluding carboxylic acids is 1. The molecule has 3 aromatic carbocycles. The van der Waals surface area contributed by atoms with E-state index in [1.54, 1.807) is 48.5 Å². The van der Waals surface area contributed by atoms with Crippen molar-refractivity contribution in [2.45, 2.75) is 19.6 Å². The highest BCUT2D eigenvalue weighted by Gasteiger charge is 2.28. The van der Waals surface area contributed by atoms with Gasteiger partial charge in [-0.1, -0.05) is 42.5 Å². The van der Waals surface area contributed by atoms with E-state index in [1.807, 2.05) is 6.07 Å². The summed E-state index contributed by atoms with van der Waals surface area (Å²) in [5, 5.41) is 20.3. The third-order valence-corrected chi connectivity index (χ3v) is 4.65. The Balaban J connectivity index is 0.00000100. The highest BCUT2D eigenvalue weighted by molar-refractivity contribution is 5.94. The first-order valence-electron chi connectivity index (χ1n) is 10.4. The molecule has 3 aromatic rings. The molecular formula is C25H26F2N4O4. The molecule has 0 aliphatic rings. The molecule has 0 heterocycles. The lowest BCUT2D eigenvalue weighted by molar-refractivity contribution is -0.134. The van der Waals surface area contributed by atoms with Crippen molar-refractivity contribution < 1.29 is 28.2 Å². The molecule has 8 nitrogen and oxygen atoms in total. The van der Waals surface area contributed by atoms with Gasteiger partial charge in [0.15, 0.2) is 11.9 Å². The van der Waals surface area contributed by atoms with E-state index in [0.717, 1.165) is 18.6 Å². The van der Waals surface area contributed by atoms with E-state index in [2.05, 4.69) is 10.6 Å². The number of para-hydroxylation sites is 1. The van der Waals surface area contributed by atoms with Crippen molar-refractivity contribution in [1.82, 2.24) is 5.32 Å². The van der Waals surface area contributed by atoms with Gasteiger partial charge in [0.25, 0.3) is 11.9 Å². The van der Waals surface area contributed by atoms with Crippen molar-refractivity contribution in [3.63, 3.8) is 0 Å². The van der Waals surface area contributed by atoms with E-state index < -0.39 is 35.2 Å². The molecule has 1 atom stereocenters. The molecule has 10 heteroatoms. The number of benzene rings is 3. The average Bonchev–Trinajstić information content (AvgIpc) is 2.82. The Morgan fingerprint density at radius 1 is 1.06 bits per heavy atom. The molecule has 6 N–H and O–H groups in total. The normalized spacial score (nSPS) is 11.0. The van der Waals surface area contributed by atoms with Gasteiger partial charge in [0.1, 0.15) is 11.7 Å². The highest BCUT2D eigenvalue weighted by atomic mass is 19.1. The standard InChI is InChI=1S/C23H22F2N4O2.C2H4O2/c1-31-21(23(30)28-13-14-7-9-15(10-8-14)22(26)27)19-17(24)11-12-18(20(19)25)29-16-5-3-2-4-6-16;1-2(3)4/h2-12,21,29H,13H2,1H3,(H3,26,27)(H,28,30);1H3,(H,3,4). The van der Waals surface area contributed by atoms with Crippen LogP contribution in [0.15, 0.2) is 66.7 Å². The maximum absolute atomic E-state index is 15.1. The SMILES string of the molecule is CC(=O)O.COC(C(=O)NCc1ccc(C(=N)N)cc1)c1c(F)ccc(Nc2ccccc2)c1F. The summed E-state index contributed by atoms with van der Waals surface area (Å²) in [6.45, 7) is 1.20. The number of nitrogens with two attached hydrogens (primary N) is 1. The number of carbonyl (C=O) groups is 2. The van der Waals surface area contributed by atoms with Crippen LogP contribution in [0, 0.1) is 17.0 Å². The fourth-order valence-electron chi connectivity index (χ4n) is 3.02. The number of carboxylic acids is 1. The first-order chi connectivity index (χ1) is 16.6. The topological polar surface area (TPSA) is 138 Å². The van der Waals surface area contributed by atoms with Gasteiger partial charge in [0, 0.05) is 31.8 Å². The van der Waals surface area contributed by atoms with Crippen LogP contribution in [0.4, 0.5) is 20.2 Å². The Bertz CT molecular complexity index is 1170. The van der Waals surface area contributed by atoms with Crippen LogP contribution in [0.25, 0.3) is 0 Å². The van der Waals surface area contributed by atoms with E-state index in [1.165, 1.54) is 13.2 Å². The minimum Gasteiger partial charge on any atom is -0.481 e. The van der Waals surface area contributed by atoms with Crippen molar-refractivity contribution in [2.75, 3.05) is 12.4 Å². The van der Waals surface area contributed by atoms with Crippen LogP contribution >= 0.6 is 0 Å². The fourth-order valence-corrected chi connectivity index (χ4v) is 3.02. The van der Waals surface area contributed by atoms with Gasteiger partial charge in [-0.3, -0.25) is 15.0 Å². The van der Waals surface area contributed by atoms with Gasteiger partial charge in [-0.2, -0.15) is 0 Å². The second-order valence-electron chi connectivity index (χ2n) is 7.28. The van der Waals surface area contributed by atoms with Crippen LogP contribution in [0.2, 0.25) is 0 Å². The van der Waals surface area contributed by atoms with Crippen molar-refractivity contribution in [1.29, 1.82) is 5.41 Å². The number of aliphatic carboxylic acids is 1. The number of rotatable bonds is 8. The highest BCUT2D eigenvalue weighted by Crippen LogP contribution is 2.30. The Hall–Kier alpha value is -4.31. The zero-order chi connectivity index (χ0) is 26.0. The van der Waals surface area contributed by atoms with Gasteiger partial charge >= 0.3 is 0 Å². The second-order valence-corrected chi connectivity index (χ2v) is 7.28. The number of anilines is 2. The molecule has 35 heavy (non-hydrogen) atoms. The van der Waals surface area contributed by atoms with Crippen molar-refractivity contribution >= 4 is 29.1 Å². The smallest absolute Gasteiger partial charge is 0.300 e. The van der Waals surface area contributed by atoms with Crippen molar-refractivity contribution in [3.8, 4) is 0 Å². The van der Waals surface area contributed by atoms with E-state index in [-0.39, 0.29) is 18.1 Å². The summed E-state index contributed by atoms with van der Waals surface area (Å²) in [4.78, 5) is 21.7. The number of nitrogen functional groups attached to an aromatic ring is 1. The number of hydrogen-bond acceptors (Lipinski definition) is 5. The Kier molecular flexibility index (Phi) is 9.85. The van der Waals surface area contributed by atoms with Gasteiger partial charge in [0.2, 0.25) is 0 Å². The number of hydrogen-bond donors (Lipinski definition) is 5. The molecule has 3 rings (SSSR count). The minimum absolute atomic E-state index is 0.0253. The first kappa shape index (κ1) is 26.9. The van der Waals surface area contributed by atoms with Crippen LogP contribution in [0.3, 0.4) is 0 Å². The van der Waals surface area contributed by atoms with Gasteiger partial charge in [-0.15, -0.1) is 0 Å². The molecule has 0 aliphatic heterocycles. The van der Waals surface area contributed by atoms with Crippen LogP contribution in [0.5, 0.6) is 0 Å². The lowest BCUT2D eigenvalue weighted by Gasteiger charge is -2.19. The van der Waals surface area contributed by atoms with Crippen LogP contribution < -0.4 is 16.4 Å². The number of methoxy groups -OCH3 is 1. The third kappa shape index (κ3) is 7.90. The lowest BCUT2D eigenvalue weighted by Crippen LogP contribution is -2.31. The maximum Gasteiger partial charge on any atom is 0.300 e. The van der Waals surface area contributed by atoms with Crippen LogP contribution in [0.1, 0.15) is 29.7 Å². The minimum atomic E-state index is -1.48. The molecule has 0 aromatic heterocycles. The first-order valence-corrected chi connectivity index (χ1v) is 10.4. The molecule has 1 unspecified atom stereocenters. The van der Waals surface area contributed by atoms with E-state index in [4.69, 9.17) is 25.8 Å². The monoisotopic (exact) mass is 484 g/mol. The van der Waals surface area contributed by atoms with Gasteiger partial charge in [-0.05, 0) is 29.8 Å². The Morgan fingerprint density at radius 2 is 1.66 bits per heavy atom. The molecule has 0 saturated carbocycles. The number of halogens is 2. The molecular weight excluding hydrogens is 458 g/mol. The second kappa shape index (κ2) is 12.8. The van der Waals surface area contributed by atoms with Gasteiger partial charge < -0.3 is 26.2 Å². The molecule has 0 saturated heterocycles. The summed E-state index contributed by atoms with van der Waals surface area (Å²) in [7, 11) is 1.21. The Labute approximate surface area is 201 Å². The number of amides is 1. The molecule has 1 amide bonds. The summed E-state index contributed by atoms with van der Waals surface area (Å²) in [6.07, 6.45) is -1.48. The zero-order valence-corrected chi connectivity index (χ0v) is 19.1. The fraction of sp³-hybridized carbons (Fsp3) is 0.160. The van der Waals surface area contributed by atoms with Crippen molar-refractivity contribution in [3.05, 3.63) is 95.1 Å².